The van der Waals surface area contributed by atoms with Gasteiger partial charge in [-0.1, -0.05) is 48.1 Å². The van der Waals surface area contributed by atoms with Gasteiger partial charge in [-0.05, 0) is 37.6 Å². The molecule has 2 amide bonds. The van der Waals surface area contributed by atoms with E-state index in [4.69, 9.17) is 4.74 Å². The molecule has 1 aromatic heterocycles. The van der Waals surface area contributed by atoms with E-state index in [0.717, 1.165) is 15.8 Å². The number of methoxy groups -OCH3 is 1. The Kier molecular flexibility index (Phi) is 6.95. The molecule has 1 N–H and O–H groups in total. The van der Waals surface area contributed by atoms with Crippen molar-refractivity contribution in [1.29, 1.82) is 0 Å². The van der Waals surface area contributed by atoms with E-state index in [1.165, 1.54) is 11.3 Å². The number of hydrogen-bond donors (Lipinski definition) is 1. The molecule has 0 radical (unpaired) electrons. The average molecular weight is 412 g/mol. The van der Waals surface area contributed by atoms with Crippen molar-refractivity contribution in [3.8, 4) is 0 Å². The lowest BCUT2D eigenvalue weighted by molar-refractivity contribution is -0.124. The lowest BCUT2D eigenvalue weighted by Crippen LogP contribution is -2.37. The molecule has 1 atom stereocenters. The Morgan fingerprint density at radius 2 is 1.90 bits per heavy atom. The predicted molar refractivity (Wildman–Crippen MR) is 115 cm³/mol. The SMILES string of the molecule is CCC(C(=O)NCCOC)n1c(=NC(=O)c2ccc(C)cc2)sc2ccccc21. The highest BCUT2D eigenvalue weighted by Crippen LogP contribution is 2.22. The molecule has 0 saturated carbocycles. The topological polar surface area (TPSA) is 72.7 Å². The van der Waals surface area contributed by atoms with Crippen molar-refractivity contribution < 1.29 is 14.3 Å². The summed E-state index contributed by atoms with van der Waals surface area (Å²) < 4.78 is 7.86. The monoisotopic (exact) mass is 411 g/mol. The van der Waals surface area contributed by atoms with Crippen LogP contribution in [0.5, 0.6) is 0 Å². The van der Waals surface area contributed by atoms with E-state index in [1.54, 1.807) is 19.2 Å². The summed E-state index contributed by atoms with van der Waals surface area (Å²) in [6.07, 6.45) is 0.575. The number of thiazole rings is 1. The second kappa shape index (κ2) is 9.62. The number of carbonyl (C=O) groups excluding carboxylic acids is 2. The van der Waals surface area contributed by atoms with E-state index < -0.39 is 6.04 Å². The van der Waals surface area contributed by atoms with Crippen LogP contribution >= 0.6 is 11.3 Å². The molecule has 29 heavy (non-hydrogen) atoms. The Morgan fingerprint density at radius 1 is 1.17 bits per heavy atom. The summed E-state index contributed by atoms with van der Waals surface area (Å²) in [4.78, 5) is 30.5. The Bertz CT molecular complexity index is 1070. The largest absolute Gasteiger partial charge is 0.383 e. The second-order valence-electron chi connectivity index (χ2n) is 6.71. The van der Waals surface area contributed by atoms with Gasteiger partial charge in [0.25, 0.3) is 5.91 Å². The van der Waals surface area contributed by atoms with Crippen LogP contribution in [0, 0.1) is 6.92 Å². The highest BCUT2D eigenvalue weighted by molar-refractivity contribution is 7.16. The number of amides is 2. The number of ether oxygens (including phenoxy) is 1. The summed E-state index contributed by atoms with van der Waals surface area (Å²) in [5, 5.41) is 2.90. The van der Waals surface area contributed by atoms with Gasteiger partial charge in [-0.3, -0.25) is 9.59 Å². The molecular weight excluding hydrogens is 386 g/mol. The van der Waals surface area contributed by atoms with Gasteiger partial charge >= 0.3 is 0 Å². The summed E-state index contributed by atoms with van der Waals surface area (Å²) in [5.74, 6) is -0.433. The zero-order valence-corrected chi connectivity index (χ0v) is 17.7. The van der Waals surface area contributed by atoms with Gasteiger partial charge in [-0.2, -0.15) is 4.99 Å². The van der Waals surface area contributed by atoms with E-state index >= 15 is 0 Å². The van der Waals surface area contributed by atoms with Crippen molar-refractivity contribution in [3.63, 3.8) is 0 Å². The highest BCUT2D eigenvalue weighted by atomic mass is 32.1. The number of nitrogens with zero attached hydrogens (tertiary/aromatic N) is 2. The van der Waals surface area contributed by atoms with Crippen LogP contribution < -0.4 is 10.1 Å². The maximum atomic E-state index is 12.8. The molecule has 7 heteroatoms. The zero-order chi connectivity index (χ0) is 20.8. The lowest BCUT2D eigenvalue weighted by Gasteiger charge is -2.18. The van der Waals surface area contributed by atoms with Gasteiger partial charge in [-0.25, -0.2) is 0 Å². The van der Waals surface area contributed by atoms with E-state index in [0.29, 0.717) is 29.9 Å². The molecule has 0 bridgehead atoms. The normalized spacial score (nSPS) is 12.9. The van der Waals surface area contributed by atoms with Crippen LogP contribution in [-0.2, 0) is 9.53 Å². The second-order valence-corrected chi connectivity index (χ2v) is 7.72. The quantitative estimate of drug-likeness (QED) is 0.605. The summed E-state index contributed by atoms with van der Waals surface area (Å²) >= 11 is 1.41. The Morgan fingerprint density at radius 3 is 2.59 bits per heavy atom. The average Bonchev–Trinajstić information content (AvgIpc) is 3.07. The van der Waals surface area contributed by atoms with Gasteiger partial charge in [0.1, 0.15) is 6.04 Å². The third kappa shape index (κ3) is 4.81. The van der Waals surface area contributed by atoms with Crippen LogP contribution in [-0.4, -0.2) is 36.6 Å². The van der Waals surface area contributed by atoms with Crippen molar-refractivity contribution in [2.45, 2.75) is 26.3 Å². The van der Waals surface area contributed by atoms with Crippen molar-refractivity contribution in [2.75, 3.05) is 20.3 Å². The molecule has 0 aliphatic rings. The Balaban J connectivity index is 2.06. The maximum absolute atomic E-state index is 12.8. The summed E-state index contributed by atoms with van der Waals surface area (Å²) in [6, 6.07) is 14.6. The van der Waals surface area contributed by atoms with E-state index in [9.17, 15) is 9.59 Å². The molecule has 1 heterocycles. The first kappa shape index (κ1) is 21.0. The summed E-state index contributed by atoms with van der Waals surface area (Å²) in [6.45, 7) is 4.80. The molecular formula is C22H25N3O3S. The van der Waals surface area contributed by atoms with E-state index in [1.807, 2.05) is 54.8 Å². The van der Waals surface area contributed by atoms with Gasteiger partial charge in [0.05, 0.1) is 16.8 Å². The molecule has 2 aromatic carbocycles. The number of benzene rings is 2. The number of fused-ring (bicyclic) bond motifs is 1. The van der Waals surface area contributed by atoms with Crippen LogP contribution in [0.1, 0.15) is 35.3 Å². The van der Waals surface area contributed by atoms with Gasteiger partial charge in [-0.15, -0.1) is 0 Å². The van der Waals surface area contributed by atoms with Gasteiger partial charge in [0.15, 0.2) is 4.80 Å². The summed E-state index contributed by atoms with van der Waals surface area (Å²) in [5.41, 5.74) is 2.50. The summed E-state index contributed by atoms with van der Waals surface area (Å²) in [7, 11) is 1.60. The number of rotatable bonds is 7. The van der Waals surface area contributed by atoms with Crippen LogP contribution in [0.2, 0.25) is 0 Å². The molecule has 0 saturated heterocycles. The first-order valence-corrected chi connectivity index (χ1v) is 10.4. The van der Waals surface area contributed by atoms with Crippen LogP contribution in [0.25, 0.3) is 10.2 Å². The minimum atomic E-state index is -0.465. The number of aryl methyl sites for hydroxylation is 1. The molecule has 0 aliphatic carbocycles. The smallest absolute Gasteiger partial charge is 0.279 e. The fourth-order valence-electron chi connectivity index (χ4n) is 3.10. The van der Waals surface area contributed by atoms with Gasteiger partial charge in [0.2, 0.25) is 5.91 Å². The van der Waals surface area contributed by atoms with Crippen molar-refractivity contribution >= 4 is 33.4 Å². The fraction of sp³-hybridized carbons (Fsp3) is 0.318. The fourth-order valence-corrected chi connectivity index (χ4v) is 4.16. The third-order valence-electron chi connectivity index (χ3n) is 4.63. The molecule has 1 unspecified atom stereocenters. The predicted octanol–water partition coefficient (Wildman–Crippen LogP) is 3.47. The number of hydrogen-bond acceptors (Lipinski definition) is 4. The highest BCUT2D eigenvalue weighted by Gasteiger charge is 2.22. The molecule has 0 spiro atoms. The molecule has 3 aromatic rings. The minimum Gasteiger partial charge on any atom is -0.383 e. The first-order chi connectivity index (χ1) is 14.0. The van der Waals surface area contributed by atoms with Crippen molar-refractivity contribution in [3.05, 3.63) is 64.5 Å². The van der Waals surface area contributed by atoms with Crippen molar-refractivity contribution in [1.82, 2.24) is 9.88 Å². The Labute approximate surface area is 173 Å². The van der Waals surface area contributed by atoms with E-state index in [-0.39, 0.29) is 11.8 Å². The first-order valence-electron chi connectivity index (χ1n) is 9.57. The van der Waals surface area contributed by atoms with Crippen LogP contribution in [0.15, 0.2) is 53.5 Å². The Hall–Kier alpha value is -2.77. The number of aromatic nitrogens is 1. The van der Waals surface area contributed by atoms with E-state index in [2.05, 4.69) is 10.3 Å². The van der Waals surface area contributed by atoms with Crippen LogP contribution in [0.3, 0.4) is 0 Å². The third-order valence-corrected chi connectivity index (χ3v) is 5.67. The molecule has 6 nitrogen and oxygen atoms in total. The van der Waals surface area contributed by atoms with Crippen LogP contribution in [0.4, 0.5) is 0 Å². The van der Waals surface area contributed by atoms with Gasteiger partial charge < -0.3 is 14.6 Å². The maximum Gasteiger partial charge on any atom is 0.279 e. The van der Waals surface area contributed by atoms with Crippen molar-refractivity contribution in [2.24, 2.45) is 4.99 Å². The minimum absolute atomic E-state index is 0.114. The number of nitrogens with one attached hydrogen (secondary N) is 1. The van der Waals surface area contributed by atoms with Gasteiger partial charge in [0, 0.05) is 19.2 Å². The standard InChI is InChI=1S/C22H25N3O3S/c1-4-17(21(27)23-13-14-28-3)25-18-7-5-6-8-19(18)29-22(25)24-20(26)16-11-9-15(2)10-12-16/h5-12,17H,4,13-14H2,1-3H3,(H,23,27). The molecule has 0 fully saturated rings. The molecule has 152 valence electrons. The molecule has 3 rings (SSSR count). The number of para-hydroxylation sites is 1. The molecule has 0 aliphatic heterocycles. The lowest BCUT2D eigenvalue weighted by atomic mass is 10.1. The zero-order valence-electron chi connectivity index (χ0n) is 16.8. The number of carbonyl (C=O) groups is 2.